The standard InChI is InChI=1S/C17H19F3N4O3S2/c1-4-22-29(26,27)12-6-10(14-8(2)23-16(21)28-14)5-11-7-24(15(25)13(11)12)9(3)17(18,19)20/h5-6,9,22H,4,7H2,1-3H3,(H2,21,23)/t9-/m0/s1. The Kier molecular flexibility index (Phi) is 5.39. The Morgan fingerprint density at radius 3 is 2.55 bits per heavy atom. The van der Waals surface area contributed by atoms with Crippen molar-refractivity contribution in [3.05, 3.63) is 29.0 Å². The Balaban J connectivity index is 2.22. The lowest BCUT2D eigenvalue weighted by atomic mass is 10.0. The molecular formula is C17H19F3N4O3S2. The third kappa shape index (κ3) is 3.83. The first kappa shape index (κ1) is 21.5. The van der Waals surface area contributed by atoms with Gasteiger partial charge in [-0.1, -0.05) is 18.3 Å². The van der Waals surface area contributed by atoms with Crippen LogP contribution in [-0.2, 0) is 16.6 Å². The van der Waals surface area contributed by atoms with Crippen molar-refractivity contribution < 1.29 is 26.4 Å². The van der Waals surface area contributed by atoms with E-state index < -0.39 is 28.1 Å². The van der Waals surface area contributed by atoms with E-state index in [0.29, 0.717) is 21.0 Å². The molecule has 0 unspecified atom stereocenters. The number of halogens is 3. The third-order valence-electron chi connectivity index (χ3n) is 4.64. The van der Waals surface area contributed by atoms with Gasteiger partial charge in [-0.2, -0.15) is 13.2 Å². The second kappa shape index (κ2) is 7.26. The Morgan fingerprint density at radius 1 is 1.38 bits per heavy atom. The molecule has 0 bridgehead atoms. The summed E-state index contributed by atoms with van der Waals surface area (Å²) in [6, 6.07) is 0.763. The number of aromatic nitrogens is 1. The van der Waals surface area contributed by atoms with E-state index in [1.54, 1.807) is 13.8 Å². The van der Waals surface area contributed by atoms with Crippen molar-refractivity contribution in [3.8, 4) is 10.4 Å². The second-order valence-electron chi connectivity index (χ2n) is 6.63. The molecule has 3 rings (SSSR count). The van der Waals surface area contributed by atoms with Gasteiger partial charge in [-0.15, -0.1) is 0 Å². The highest BCUT2D eigenvalue weighted by Crippen LogP contribution is 2.39. The summed E-state index contributed by atoms with van der Waals surface area (Å²) in [6.45, 7) is 3.85. The van der Waals surface area contributed by atoms with Crippen molar-refractivity contribution in [1.29, 1.82) is 0 Å². The minimum Gasteiger partial charge on any atom is -0.375 e. The van der Waals surface area contributed by atoms with Crippen molar-refractivity contribution in [2.24, 2.45) is 0 Å². The number of alkyl halides is 3. The predicted molar refractivity (Wildman–Crippen MR) is 103 cm³/mol. The highest BCUT2D eigenvalue weighted by Gasteiger charge is 2.46. The molecule has 0 saturated heterocycles. The number of carbonyl (C=O) groups is 1. The largest absolute Gasteiger partial charge is 0.408 e. The molecule has 3 N–H and O–H groups in total. The first-order valence-corrected chi connectivity index (χ1v) is 10.9. The second-order valence-corrected chi connectivity index (χ2v) is 9.39. The monoisotopic (exact) mass is 448 g/mol. The summed E-state index contributed by atoms with van der Waals surface area (Å²) in [5.74, 6) is -0.964. The lowest BCUT2D eigenvalue weighted by molar-refractivity contribution is -0.172. The minimum absolute atomic E-state index is 0.0602. The van der Waals surface area contributed by atoms with Crippen LogP contribution in [0.5, 0.6) is 0 Å². The normalized spacial score (nSPS) is 15.7. The van der Waals surface area contributed by atoms with Gasteiger partial charge in [0, 0.05) is 13.1 Å². The van der Waals surface area contributed by atoms with Crippen LogP contribution in [-0.4, -0.2) is 43.0 Å². The summed E-state index contributed by atoms with van der Waals surface area (Å²) in [6.07, 6.45) is -4.63. The van der Waals surface area contributed by atoms with Crippen LogP contribution in [0.3, 0.4) is 0 Å². The molecule has 1 aromatic heterocycles. The zero-order valence-electron chi connectivity index (χ0n) is 15.8. The van der Waals surface area contributed by atoms with E-state index in [1.165, 1.54) is 12.1 Å². The van der Waals surface area contributed by atoms with Crippen LogP contribution >= 0.6 is 11.3 Å². The molecule has 29 heavy (non-hydrogen) atoms. The zero-order valence-corrected chi connectivity index (χ0v) is 17.4. The van der Waals surface area contributed by atoms with E-state index in [9.17, 15) is 26.4 Å². The maximum Gasteiger partial charge on any atom is 0.408 e. The maximum atomic E-state index is 13.2. The van der Waals surface area contributed by atoms with E-state index >= 15 is 0 Å². The summed E-state index contributed by atoms with van der Waals surface area (Å²) >= 11 is 1.13. The van der Waals surface area contributed by atoms with Gasteiger partial charge >= 0.3 is 6.18 Å². The van der Waals surface area contributed by atoms with Gasteiger partial charge < -0.3 is 10.6 Å². The molecule has 2 aromatic rings. The van der Waals surface area contributed by atoms with E-state index in [1.807, 2.05) is 0 Å². The number of nitrogen functional groups attached to an aromatic ring is 1. The SMILES string of the molecule is CCNS(=O)(=O)c1cc(-c2sc(N)nc2C)cc2c1C(=O)N([C@@H](C)C(F)(F)F)C2. The van der Waals surface area contributed by atoms with Crippen LogP contribution < -0.4 is 10.5 Å². The fourth-order valence-corrected chi connectivity index (χ4v) is 5.35. The average Bonchev–Trinajstić information content (AvgIpc) is 3.11. The number of aryl methyl sites for hydroxylation is 1. The van der Waals surface area contributed by atoms with Crippen molar-refractivity contribution in [2.75, 3.05) is 12.3 Å². The highest BCUT2D eigenvalue weighted by atomic mass is 32.2. The highest BCUT2D eigenvalue weighted by molar-refractivity contribution is 7.89. The van der Waals surface area contributed by atoms with Gasteiger partial charge in [0.15, 0.2) is 5.13 Å². The number of benzene rings is 1. The number of nitrogens with zero attached hydrogens (tertiary/aromatic N) is 2. The number of rotatable bonds is 5. The summed E-state index contributed by atoms with van der Waals surface area (Å²) in [7, 11) is -4.12. The zero-order chi connectivity index (χ0) is 21.7. The summed E-state index contributed by atoms with van der Waals surface area (Å²) in [5, 5.41) is 0.275. The van der Waals surface area contributed by atoms with Crippen LogP contribution in [0.2, 0.25) is 0 Å². The number of fused-ring (bicyclic) bond motifs is 1. The predicted octanol–water partition coefficient (Wildman–Crippen LogP) is 2.91. The summed E-state index contributed by atoms with van der Waals surface area (Å²) < 4.78 is 67.4. The average molecular weight is 448 g/mol. The van der Waals surface area contributed by atoms with E-state index in [0.717, 1.165) is 18.3 Å². The van der Waals surface area contributed by atoms with Crippen molar-refractivity contribution in [1.82, 2.24) is 14.6 Å². The molecule has 2 heterocycles. The molecule has 0 radical (unpaired) electrons. The van der Waals surface area contributed by atoms with Gasteiger partial charge in [-0.25, -0.2) is 18.1 Å². The van der Waals surface area contributed by atoms with Crippen LogP contribution in [0.15, 0.2) is 17.0 Å². The van der Waals surface area contributed by atoms with Gasteiger partial charge in [0.25, 0.3) is 5.91 Å². The molecule has 1 atom stereocenters. The van der Waals surface area contributed by atoms with Gasteiger partial charge in [0.05, 0.1) is 21.0 Å². The summed E-state index contributed by atoms with van der Waals surface area (Å²) in [5.41, 5.74) is 6.69. The molecule has 1 amide bonds. The molecular weight excluding hydrogens is 429 g/mol. The Hall–Kier alpha value is -2.18. The van der Waals surface area contributed by atoms with Crippen molar-refractivity contribution in [3.63, 3.8) is 0 Å². The fraction of sp³-hybridized carbons (Fsp3) is 0.412. The first-order valence-electron chi connectivity index (χ1n) is 8.64. The maximum absolute atomic E-state index is 13.2. The van der Waals surface area contributed by atoms with Crippen molar-refractivity contribution >= 4 is 32.4 Å². The Bertz CT molecular complexity index is 1080. The van der Waals surface area contributed by atoms with Gasteiger partial charge in [-0.05, 0) is 37.1 Å². The molecule has 158 valence electrons. The van der Waals surface area contributed by atoms with Gasteiger partial charge in [0.1, 0.15) is 6.04 Å². The van der Waals surface area contributed by atoms with E-state index in [-0.39, 0.29) is 34.2 Å². The van der Waals surface area contributed by atoms with Crippen LogP contribution in [0.1, 0.15) is 35.5 Å². The number of sulfonamides is 1. The number of nitrogens with one attached hydrogen (secondary N) is 1. The lowest BCUT2D eigenvalue weighted by Gasteiger charge is -2.26. The molecule has 0 aliphatic carbocycles. The molecule has 1 aromatic carbocycles. The topological polar surface area (TPSA) is 105 Å². The molecule has 0 fully saturated rings. The van der Waals surface area contributed by atoms with E-state index in [4.69, 9.17) is 5.73 Å². The molecule has 12 heteroatoms. The molecule has 1 aliphatic heterocycles. The number of carbonyl (C=O) groups excluding carboxylic acids is 1. The van der Waals surface area contributed by atoms with Gasteiger partial charge in [-0.3, -0.25) is 4.79 Å². The van der Waals surface area contributed by atoms with Crippen molar-refractivity contribution in [2.45, 2.75) is 44.4 Å². The first-order chi connectivity index (χ1) is 13.4. The van der Waals surface area contributed by atoms with Crippen LogP contribution in [0.25, 0.3) is 10.4 Å². The smallest absolute Gasteiger partial charge is 0.375 e. The van der Waals surface area contributed by atoms with Crippen LogP contribution in [0, 0.1) is 6.92 Å². The number of thiazole rings is 1. The molecule has 1 aliphatic rings. The van der Waals surface area contributed by atoms with Crippen LogP contribution in [0.4, 0.5) is 18.3 Å². The van der Waals surface area contributed by atoms with Gasteiger partial charge in [0.2, 0.25) is 10.0 Å². The number of hydrogen-bond donors (Lipinski definition) is 2. The summed E-state index contributed by atoms with van der Waals surface area (Å²) in [4.78, 5) is 17.8. The minimum atomic E-state index is -4.63. The fourth-order valence-electron chi connectivity index (χ4n) is 3.23. The Labute approximate surface area is 169 Å². The third-order valence-corrected chi connectivity index (χ3v) is 7.25. The quantitative estimate of drug-likeness (QED) is 0.732. The Morgan fingerprint density at radius 2 is 2.03 bits per heavy atom. The number of amides is 1. The molecule has 7 nitrogen and oxygen atoms in total. The lowest BCUT2D eigenvalue weighted by Crippen LogP contribution is -2.43. The number of hydrogen-bond acceptors (Lipinski definition) is 6. The molecule has 0 saturated carbocycles. The number of nitrogens with two attached hydrogens (primary N) is 1. The number of anilines is 1. The van der Waals surface area contributed by atoms with E-state index in [2.05, 4.69) is 9.71 Å². The molecule has 0 spiro atoms.